The number of benzene rings is 1. The van der Waals surface area contributed by atoms with Crippen LogP contribution in [0.25, 0.3) is 0 Å². The first-order chi connectivity index (χ1) is 12.6. The van der Waals surface area contributed by atoms with E-state index in [2.05, 4.69) is 10.3 Å². The number of hydrogen-bond donors (Lipinski definition) is 2. The number of nitrogens with one attached hydrogen (secondary N) is 1. The minimum Gasteiger partial charge on any atom is -0.493 e. The number of hydrogen-bond acceptors (Lipinski definition) is 8. The van der Waals surface area contributed by atoms with E-state index in [-0.39, 0.29) is 29.4 Å². The third kappa shape index (κ3) is 5.14. The largest absolute Gasteiger partial charge is 0.493 e. The number of aromatic nitrogens is 1. The van der Waals surface area contributed by atoms with Crippen LogP contribution in [0.5, 0.6) is 11.5 Å². The van der Waals surface area contributed by atoms with Gasteiger partial charge in [-0.25, -0.2) is 4.98 Å². The van der Waals surface area contributed by atoms with Crippen molar-refractivity contribution >= 4 is 22.9 Å². The summed E-state index contributed by atoms with van der Waals surface area (Å²) in [6.45, 7) is 1.05. The van der Waals surface area contributed by atoms with E-state index >= 15 is 0 Å². The first-order valence-corrected chi connectivity index (χ1v) is 8.85. The number of carbonyl (C=O) groups excluding carboxylic acids is 1. The second-order valence-corrected chi connectivity index (χ2v) is 6.02. The molecule has 0 spiro atoms. The summed E-state index contributed by atoms with van der Waals surface area (Å²) in [4.78, 5) is 27.2. The molecule has 0 saturated carbocycles. The molecule has 26 heavy (non-hydrogen) atoms. The molecule has 2 rings (SSSR count). The quantitative estimate of drug-likeness (QED) is 0.367. The fraction of sp³-hybridized carbons (Fsp3) is 0.375. The van der Waals surface area contributed by atoms with Crippen LogP contribution in [-0.2, 0) is 6.61 Å². The predicted octanol–water partition coefficient (Wildman–Crippen LogP) is 2.11. The number of nitrogens with two attached hydrogens (primary N) is 1. The van der Waals surface area contributed by atoms with Crippen molar-refractivity contribution in [2.24, 2.45) is 5.73 Å². The van der Waals surface area contributed by atoms with E-state index in [4.69, 9.17) is 15.2 Å². The molecular formula is C16H20N4O5S. The minimum absolute atomic E-state index is 0.0828. The van der Waals surface area contributed by atoms with Gasteiger partial charge in [-0.15, -0.1) is 11.3 Å². The minimum atomic E-state index is -0.621. The maximum absolute atomic E-state index is 12.3. The Kier molecular flexibility index (Phi) is 7.30. The third-order valence-corrected chi connectivity index (χ3v) is 4.13. The molecule has 0 bridgehead atoms. The fourth-order valence-electron chi connectivity index (χ4n) is 2.18. The molecule has 2 aromatic rings. The normalized spacial score (nSPS) is 10.4. The monoisotopic (exact) mass is 380 g/mol. The van der Waals surface area contributed by atoms with Crippen molar-refractivity contribution in [3.8, 4) is 11.5 Å². The van der Waals surface area contributed by atoms with E-state index in [1.807, 2.05) is 5.38 Å². The van der Waals surface area contributed by atoms with E-state index < -0.39 is 10.8 Å². The van der Waals surface area contributed by atoms with Gasteiger partial charge < -0.3 is 20.5 Å². The van der Waals surface area contributed by atoms with Gasteiger partial charge in [-0.1, -0.05) is 0 Å². The van der Waals surface area contributed by atoms with Gasteiger partial charge in [0.15, 0.2) is 11.5 Å². The number of rotatable bonds is 10. The highest BCUT2D eigenvalue weighted by Crippen LogP contribution is 2.35. The Morgan fingerprint density at radius 2 is 2.19 bits per heavy atom. The van der Waals surface area contributed by atoms with Gasteiger partial charge >= 0.3 is 0 Å². The van der Waals surface area contributed by atoms with Gasteiger partial charge in [0.25, 0.3) is 11.6 Å². The van der Waals surface area contributed by atoms with Crippen molar-refractivity contribution in [3.05, 3.63) is 44.4 Å². The molecule has 10 heteroatoms. The topological polar surface area (TPSA) is 130 Å². The van der Waals surface area contributed by atoms with Gasteiger partial charge in [-0.3, -0.25) is 14.9 Å². The molecule has 1 heterocycles. The van der Waals surface area contributed by atoms with Crippen LogP contribution in [-0.4, -0.2) is 36.0 Å². The first kappa shape index (κ1) is 19.6. The summed E-state index contributed by atoms with van der Waals surface area (Å²) in [6, 6.07) is 2.51. The molecule has 0 aliphatic rings. The molecule has 0 unspecified atom stereocenters. The number of ether oxygens (including phenoxy) is 2. The number of unbranched alkanes of at least 4 members (excludes halogenated alkanes) is 1. The molecule has 140 valence electrons. The number of amides is 1. The SMILES string of the molecule is COc1cc(C(=O)NCCCCN)c([N+](=O)[O-])cc1OCc1cscn1. The molecular weight excluding hydrogens is 360 g/mol. The summed E-state index contributed by atoms with van der Waals surface area (Å²) in [5.41, 5.74) is 7.33. The molecule has 0 atom stereocenters. The molecule has 0 saturated heterocycles. The number of nitrogens with zero attached hydrogens (tertiary/aromatic N) is 2. The summed E-state index contributed by atoms with van der Waals surface area (Å²) >= 11 is 1.42. The molecule has 1 aromatic carbocycles. The fourth-order valence-corrected chi connectivity index (χ4v) is 2.72. The zero-order chi connectivity index (χ0) is 18.9. The van der Waals surface area contributed by atoms with Crippen LogP contribution < -0.4 is 20.5 Å². The summed E-state index contributed by atoms with van der Waals surface area (Å²) in [6.07, 6.45) is 1.46. The third-order valence-electron chi connectivity index (χ3n) is 3.50. The second kappa shape index (κ2) is 9.68. The lowest BCUT2D eigenvalue weighted by Gasteiger charge is -2.12. The summed E-state index contributed by atoms with van der Waals surface area (Å²) < 4.78 is 10.8. The standard InChI is InChI=1S/C16H20N4O5S/c1-24-14-6-12(16(21)18-5-3-2-4-17)13(20(22)23)7-15(14)25-8-11-9-26-10-19-11/h6-7,9-10H,2-5,8,17H2,1H3,(H,18,21). The predicted molar refractivity (Wildman–Crippen MR) is 96.7 cm³/mol. The van der Waals surface area contributed by atoms with Crippen LogP contribution in [0.1, 0.15) is 28.9 Å². The number of carbonyl (C=O) groups is 1. The Labute approximate surface area is 154 Å². The maximum Gasteiger partial charge on any atom is 0.286 e. The van der Waals surface area contributed by atoms with E-state index in [1.54, 1.807) is 5.51 Å². The Hall–Kier alpha value is -2.72. The average Bonchev–Trinajstić information content (AvgIpc) is 3.16. The smallest absolute Gasteiger partial charge is 0.286 e. The van der Waals surface area contributed by atoms with Crippen molar-refractivity contribution in [2.45, 2.75) is 19.4 Å². The van der Waals surface area contributed by atoms with Crippen molar-refractivity contribution in [1.82, 2.24) is 10.3 Å². The van der Waals surface area contributed by atoms with E-state index in [0.717, 1.165) is 6.42 Å². The highest BCUT2D eigenvalue weighted by molar-refractivity contribution is 7.07. The molecule has 1 amide bonds. The highest BCUT2D eigenvalue weighted by Gasteiger charge is 2.24. The van der Waals surface area contributed by atoms with Crippen molar-refractivity contribution < 1.29 is 19.2 Å². The molecule has 9 nitrogen and oxygen atoms in total. The number of nitro groups is 1. The van der Waals surface area contributed by atoms with Crippen molar-refractivity contribution in [2.75, 3.05) is 20.2 Å². The number of methoxy groups -OCH3 is 1. The Balaban J connectivity index is 2.22. The van der Waals surface area contributed by atoms with Crippen molar-refractivity contribution in [3.63, 3.8) is 0 Å². The van der Waals surface area contributed by atoms with Gasteiger partial charge in [0.05, 0.1) is 29.3 Å². The average molecular weight is 380 g/mol. The maximum atomic E-state index is 12.3. The zero-order valence-electron chi connectivity index (χ0n) is 14.3. The lowest BCUT2D eigenvalue weighted by Crippen LogP contribution is -2.25. The Morgan fingerprint density at radius 3 is 2.81 bits per heavy atom. The van der Waals surface area contributed by atoms with Gasteiger partial charge in [0.2, 0.25) is 0 Å². The van der Waals surface area contributed by atoms with Gasteiger partial charge in [0.1, 0.15) is 12.2 Å². The molecule has 1 aromatic heterocycles. The summed E-state index contributed by atoms with van der Waals surface area (Å²) in [7, 11) is 1.40. The van der Waals surface area contributed by atoms with Gasteiger partial charge in [0, 0.05) is 18.0 Å². The van der Waals surface area contributed by atoms with Crippen LogP contribution in [0, 0.1) is 10.1 Å². The molecule has 0 aliphatic carbocycles. The molecule has 3 N–H and O–H groups in total. The van der Waals surface area contributed by atoms with Crippen LogP contribution in [0.3, 0.4) is 0 Å². The van der Waals surface area contributed by atoms with Crippen molar-refractivity contribution in [1.29, 1.82) is 0 Å². The van der Waals surface area contributed by atoms with E-state index in [0.29, 0.717) is 25.2 Å². The highest BCUT2D eigenvalue weighted by atomic mass is 32.1. The van der Waals surface area contributed by atoms with Crippen LogP contribution >= 0.6 is 11.3 Å². The van der Waals surface area contributed by atoms with Crippen LogP contribution in [0.15, 0.2) is 23.0 Å². The first-order valence-electron chi connectivity index (χ1n) is 7.91. The van der Waals surface area contributed by atoms with Gasteiger partial charge in [-0.05, 0) is 19.4 Å². The Bertz CT molecular complexity index is 751. The Morgan fingerprint density at radius 1 is 1.38 bits per heavy atom. The summed E-state index contributed by atoms with van der Waals surface area (Å²) in [5, 5.41) is 15.8. The summed E-state index contributed by atoms with van der Waals surface area (Å²) in [5.74, 6) is -0.136. The molecule has 0 aliphatic heterocycles. The molecule has 0 fully saturated rings. The van der Waals surface area contributed by atoms with Gasteiger partial charge in [-0.2, -0.15) is 0 Å². The second-order valence-electron chi connectivity index (χ2n) is 5.30. The number of nitro benzene ring substituents is 1. The van der Waals surface area contributed by atoms with E-state index in [9.17, 15) is 14.9 Å². The van der Waals surface area contributed by atoms with E-state index in [1.165, 1.54) is 30.6 Å². The van der Waals surface area contributed by atoms with Crippen LogP contribution in [0.2, 0.25) is 0 Å². The number of thiazole rings is 1. The van der Waals surface area contributed by atoms with Crippen LogP contribution in [0.4, 0.5) is 5.69 Å². The molecule has 0 radical (unpaired) electrons. The lowest BCUT2D eigenvalue weighted by molar-refractivity contribution is -0.385. The lowest BCUT2D eigenvalue weighted by atomic mass is 10.1. The zero-order valence-corrected chi connectivity index (χ0v) is 15.1.